The van der Waals surface area contributed by atoms with Gasteiger partial charge in [0.15, 0.2) is 5.78 Å². The molecule has 0 aliphatic heterocycles. The molecule has 0 atom stereocenters. The van der Waals surface area contributed by atoms with Gasteiger partial charge in [0.1, 0.15) is 11.5 Å². The molecule has 0 unspecified atom stereocenters. The maximum atomic E-state index is 12.4. The fourth-order valence-electron chi connectivity index (χ4n) is 2.87. The third-order valence-corrected chi connectivity index (χ3v) is 4.39. The molecule has 4 heteroatoms. The normalized spacial score (nSPS) is 11.5. The first kappa shape index (κ1) is 19.6. The molecule has 4 nitrogen and oxygen atoms in total. The molecule has 0 saturated carbocycles. The minimum atomic E-state index is -0.160. The van der Waals surface area contributed by atoms with Crippen molar-refractivity contribution >= 4 is 17.5 Å². The summed E-state index contributed by atoms with van der Waals surface area (Å²) in [5.74, 6) is 0.972. The highest BCUT2D eigenvalue weighted by Crippen LogP contribution is 2.41. The van der Waals surface area contributed by atoms with Crippen molar-refractivity contribution in [1.29, 1.82) is 0 Å². The van der Waals surface area contributed by atoms with E-state index in [1.165, 1.54) is 6.08 Å². The number of ether oxygens (including phenoxy) is 1. The van der Waals surface area contributed by atoms with Crippen molar-refractivity contribution in [3.8, 4) is 11.5 Å². The van der Waals surface area contributed by atoms with Gasteiger partial charge >= 0.3 is 0 Å². The number of anilines is 1. The average Bonchev–Trinajstić information content (AvgIpc) is 2.59. The summed E-state index contributed by atoms with van der Waals surface area (Å²) in [6, 6.07) is 8.74. The molecule has 0 aromatic heterocycles. The first-order valence-electron chi connectivity index (χ1n) is 8.77. The molecule has 0 aliphatic rings. The van der Waals surface area contributed by atoms with Gasteiger partial charge in [0.05, 0.1) is 12.7 Å². The number of nitrogens with two attached hydrogens (primary N) is 1. The Hall–Kier alpha value is -2.75. The van der Waals surface area contributed by atoms with Gasteiger partial charge in [-0.15, -0.1) is 0 Å². The van der Waals surface area contributed by atoms with Crippen molar-refractivity contribution in [3.05, 3.63) is 58.7 Å². The van der Waals surface area contributed by atoms with E-state index in [-0.39, 0.29) is 23.4 Å². The van der Waals surface area contributed by atoms with E-state index in [0.29, 0.717) is 22.6 Å². The van der Waals surface area contributed by atoms with Crippen molar-refractivity contribution in [2.75, 3.05) is 12.8 Å². The van der Waals surface area contributed by atoms with Crippen molar-refractivity contribution in [2.45, 2.75) is 39.5 Å². The lowest BCUT2D eigenvalue weighted by Gasteiger charge is -2.20. The summed E-state index contributed by atoms with van der Waals surface area (Å²) in [5, 5.41) is 10.7. The van der Waals surface area contributed by atoms with Crippen LogP contribution in [0, 0.1) is 0 Å². The third kappa shape index (κ3) is 4.07. The maximum Gasteiger partial charge on any atom is 0.185 e. The van der Waals surface area contributed by atoms with Crippen LogP contribution in [0.15, 0.2) is 36.4 Å². The molecule has 2 aromatic rings. The van der Waals surface area contributed by atoms with Gasteiger partial charge in [0.25, 0.3) is 0 Å². The van der Waals surface area contributed by atoms with Gasteiger partial charge in [-0.1, -0.05) is 27.7 Å². The Labute approximate surface area is 155 Å². The minimum Gasteiger partial charge on any atom is -0.507 e. The summed E-state index contributed by atoms with van der Waals surface area (Å²) in [4.78, 5) is 12.4. The van der Waals surface area contributed by atoms with E-state index in [2.05, 4.69) is 13.8 Å². The molecular formula is C22H27NO3. The van der Waals surface area contributed by atoms with Crippen LogP contribution in [0.3, 0.4) is 0 Å². The van der Waals surface area contributed by atoms with E-state index in [1.807, 2.05) is 19.9 Å². The van der Waals surface area contributed by atoms with Crippen LogP contribution in [0.2, 0.25) is 0 Å². The summed E-state index contributed by atoms with van der Waals surface area (Å²) >= 11 is 0. The van der Waals surface area contributed by atoms with Gasteiger partial charge in [0.2, 0.25) is 0 Å². The van der Waals surface area contributed by atoms with E-state index >= 15 is 0 Å². The lowest BCUT2D eigenvalue weighted by atomic mass is 9.90. The molecule has 26 heavy (non-hydrogen) atoms. The summed E-state index contributed by atoms with van der Waals surface area (Å²) in [6.45, 7) is 8.20. The predicted octanol–water partition coefficient (Wildman–Crippen LogP) is 5.13. The quantitative estimate of drug-likeness (QED) is 0.429. The Balaban J connectivity index is 2.52. The monoisotopic (exact) mass is 353 g/mol. The van der Waals surface area contributed by atoms with Crippen LogP contribution < -0.4 is 10.5 Å². The first-order chi connectivity index (χ1) is 12.3. The maximum absolute atomic E-state index is 12.4. The Bertz CT molecular complexity index is 818. The van der Waals surface area contributed by atoms with Gasteiger partial charge in [-0.25, -0.2) is 0 Å². The van der Waals surface area contributed by atoms with Crippen LogP contribution in [0.5, 0.6) is 11.5 Å². The number of carbonyl (C=O) groups is 1. The molecule has 0 amide bonds. The molecule has 0 saturated heterocycles. The fraction of sp³-hybridized carbons (Fsp3) is 0.318. The second-order valence-electron chi connectivity index (χ2n) is 6.98. The van der Waals surface area contributed by atoms with Crippen LogP contribution in [0.25, 0.3) is 6.08 Å². The van der Waals surface area contributed by atoms with Crippen LogP contribution in [0.4, 0.5) is 5.69 Å². The molecule has 138 valence electrons. The Morgan fingerprint density at radius 3 is 2.15 bits per heavy atom. The number of hydrogen-bond donors (Lipinski definition) is 2. The van der Waals surface area contributed by atoms with Crippen LogP contribution in [-0.4, -0.2) is 18.0 Å². The van der Waals surface area contributed by atoms with Crippen molar-refractivity contribution in [2.24, 2.45) is 0 Å². The first-order valence-corrected chi connectivity index (χ1v) is 8.77. The highest BCUT2D eigenvalue weighted by Gasteiger charge is 2.20. The van der Waals surface area contributed by atoms with Crippen molar-refractivity contribution in [3.63, 3.8) is 0 Å². The van der Waals surface area contributed by atoms with Crippen LogP contribution in [0.1, 0.15) is 66.6 Å². The lowest BCUT2D eigenvalue weighted by molar-refractivity contribution is 0.104. The number of allylic oxidation sites excluding steroid dienone is 1. The number of rotatable bonds is 6. The summed E-state index contributed by atoms with van der Waals surface area (Å²) in [6.07, 6.45) is 3.09. The molecular weight excluding hydrogens is 326 g/mol. The predicted molar refractivity (Wildman–Crippen MR) is 107 cm³/mol. The zero-order valence-electron chi connectivity index (χ0n) is 16.0. The SMILES string of the molecule is COc1c(C(C)C)cc(C(C)C)c(O)c1/C=C/C(=O)c1ccc(N)cc1. The molecule has 2 aromatic carbocycles. The molecule has 0 fully saturated rings. The Kier molecular flexibility index (Phi) is 6.09. The van der Waals surface area contributed by atoms with E-state index in [0.717, 1.165) is 11.1 Å². The second kappa shape index (κ2) is 8.09. The highest BCUT2D eigenvalue weighted by molar-refractivity contribution is 6.07. The molecule has 0 heterocycles. The smallest absolute Gasteiger partial charge is 0.185 e. The summed E-state index contributed by atoms with van der Waals surface area (Å²) in [5.41, 5.74) is 9.19. The standard InChI is InChI=1S/C22H27NO3/c1-13(2)18-12-19(14(3)4)22(26-5)17(21(18)25)10-11-20(24)15-6-8-16(23)9-7-15/h6-14,25H,23H2,1-5H3/b11-10+. The Morgan fingerprint density at radius 2 is 1.65 bits per heavy atom. The fourth-order valence-corrected chi connectivity index (χ4v) is 2.87. The van der Waals surface area contributed by atoms with Gasteiger partial charge in [-0.05, 0) is 65.4 Å². The summed E-state index contributed by atoms with van der Waals surface area (Å²) in [7, 11) is 1.58. The minimum absolute atomic E-state index is 0.151. The molecule has 0 bridgehead atoms. The van der Waals surface area contributed by atoms with Crippen molar-refractivity contribution in [1.82, 2.24) is 0 Å². The van der Waals surface area contributed by atoms with Gasteiger partial charge in [0, 0.05) is 11.3 Å². The highest BCUT2D eigenvalue weighted by atomic mass is 16.5. The number of phenolic OH excluding ortho intramolecular Hbond substituents is 1. The number of aromatic hydroxyl groups is 1. The third-order valence-electron chi connectivity index (χ3n) is 4.39. The average molecular weight is 353 g/mol. The van der Waals surface area contributed by atoms with E-state index < -0.39 is 0 Å². The van der Waals surface area contributed by atoms with Crippen molar-refractivity contribution < 1.29 is 14.6 Å². The number of ketones is 1. The number of nitrogen functional groups attached to an aromatic ring is 1. The molecule has 3 N–H and O–H groups in total. The van der Waals surface area contributed by atoms with Gasteiger partial charge in [-0.3, -0.25) is 4.79 Å². The summed E-state index contributed by atoms with van der Waals surface area (Å²) < 4.78 is 5.57. The lowest BCUT2D eigenvalue weighted by Crippen LogP contribution is -2.02. The molecule has 0 radical (unpaired) electrons. The van der Waals surface area contributed by atoms with E-state index in [4.69, 9.17) is 10.5 Å². The van der Waals surface area contributed by atoms with E-state index in [9.17, 15) is 9.90 Å². The van der Waals surface area contributed by atoms with Crippen LogP contribution >= 0.6 is 0 Å². The number of benzene rings is 2. The molecule has 2 rings (SSSR count). The second-order valence-corrected chi connectivity index (χ2v) is 6.98. The zero-order chi connectivity index (χ0) is 19.4. The number of phenols is 1. The number of carbonyl (C=O) groups excluding carboxylic acids is 1. The molecule has 0 spiro atoms. The number of hydrogen-bond acceptors (Lipinski definition) is 4. The van der Waals surface area contributed by atoms with Gasteiger partial charge in [-0.2, -0.15) is 0 Å². The number of methoxy groups -OCH3 is 1. The largest absolute Gasteiger partial charge is 0.507 e. The van der Waals surface area contributed by atoms with Crippen LogP contribution in [-0.2, 0) is 0 Å². The topological polar surface area (TPSA) is 72.5 Å². The molecule has 0 aliphatic carbocycles. The van der Waals surface area contributed by atoms with E-state index in [1.54, 1.807) is 37.5 Å². The zero-order valence-corrected chi connectivity index (χ0v) is 16.0. The van der Waals surface area contributed by atoms with Gasteiger partial charge < -0.3 is 15.6 Å². The Morgan fingerprint density at radius 1 is 1.08 bits per heavy atom.